The van der Waals surface area contributed by atoms with Gasteiger partial charge in [-0.3, -0.25) is 9.35 Å². The van der Waals surface area contributed by atoms with E-state index in [9.17, 15) is 13.2 Å². The SMILES string of the molecule is CC(C)C[C@H](N)C(=O)OC1CCCCC1.Cc1ccc(S(=O)(=O)O)cc1. The van der Waals surface area contributed by atoms with Crippen molar-refractivity contribution in [3.8, 4) is 0 Å². The molecule has 0 unspecified atom stereocenters. The van der Waals surface area contributed by atoms with Crippen molar-refractivity contribution < 1.29 is 22.5 Å². The maximum Gasteiger partial charge on any atom is 0.323 e. The first-order chi connectivity index (χ1) is 12.1. The number of rotatable bonds is 5. The van der Waals surface area contributed by atoms with E-state index in [1.165, 1.54) is 31.4 Å². The number of esters is 1. The average molecular weight is 386 g/mol. The minimum atomic E-state index is -4.02. The molecule has 2 rings (SSSR count). The number of benzene rings is 1. The molecule has 1 aromatic carbocycles. The molecule has 26 heavy (non-hydrogen) atoms. The highest BCUT2D eigenvalue weighted by molar-refractivity contribution is 7.85. The van der Waals surface area contributed by atoms with Crippen molar-refractivity contribution in [1.29, 1.82) is 0 Å². The van der Waals surface area contributed by atoms with Crippen LogP contribution in [0.1, 0.15) is 57.9 Å². The summed E-state index contributed by atoms with van der Waals surface area (Å²) >= 11 is 0. The molecule has 0 radical (unpaired) electrons. The molecule has 7 heteroatoms. The largest absolute Gasteiger partial charge is 0.461 e. The Hall–Kier alpha value is -1.44. The summed E-state index contributed by atoms with van der Waals surface area (Å²) in [5.74, 6) is 0.231. The minimum absolute atomic E-state index is 0.0666. The molecule has 1 atom stereocenters. The van der Waals surface area contributed by atoms with Gasteiger partial charge in [0.05, 0.1) is 4.90 Å². The van der Waals surface area contributed by atoms with Crippen molar-refractivity contribution in [3.05, 3.63) is 29.8 Å². The molecule has 3 N–H and O–H groups in total. The summed E-state index contributed by atoms with van der Waals surface area (Å²) in [5.41, 5.74) is 6.72. The van der Waals surface area contributed by atoms with Crippen LogP contribution in [0, 0.1) is 12.8 Å². The third-order valence-electron chi connectivity index (χ3n) is 4.18. The maximum atomic E-state index is 11.6. The summed E-state index contributed by atoms with van der Waals surface area (Å²) in [7, 11) is -4.02. The Labute approximate surface area is 156 Å². The number of ether oxygens (including phenoxy) is 1. The predicted molar refractivity (Wildman–Crippen MR) is 101 cm³/mol. The molecule has 0 heterocycles. The topological polar surface area (TPSA) is 107 Å². The number of nitrogens with two attached hydrogens (primary N) is 1. The number of hydrogen-bond acceptors (Lipinski definition) is 5. The van der Waals surface area contributed by atoms with E-state index in [1.54, 1.807) is 12.1 Å². The third-order valence-corrected chi connectivity index (χ3v) is 5.05. The number of carbonyl (C=O) groups is 1. The molecule has 0 bridgehead atoms. The molecule has 148 valence electrons. The Morgan fingerprint density at radius 1 is 1.19 bits per heavy atom. The van der Waals surface area contributed by atoms with Crippen LogP contribution in [-0.2, 0) is 19.6 Å². The lowest BCUT2D eigenvalue weighted by Crippen LogP contribution is -2.36. The van der Waals surface area contributed by atoms with Gasteiger partial charge in [-0.15, -0.1) is 0 Å². The Bertz CT molecular complexity index is 649. The molecule has 1 aliphatic rings. The molecule has 0 saturated heterocycles. The lowest BCUT2D eigenvalue weighted by atomic mass is 9.97. The van der Waals surface area contributed by atoms with Crippen LogP contribution in [0.15, 0.2) is 29.2 Å². The molecule has 1 saturated carbocycles. The standard InChI is InChI=1S/C12H23NO2.C7H8O3S/c1-9(2)8-11(13)12(14)15-10-6-4-3-5-7-10;1-6-2-4-7(5-3-6)11(8,9)10/h9-11H,3-8,13H2,1-2H3;2-5H,1H3,(H,8,9,10)/t11-;/m0./s1. The van der Waals surface area contributed by atoms with Gasteiger partial charge in [0.15, 0.2) is 0 Å². The van der Waals surface area contributed by atoms with Crippen molar-refractivity contribution >= 4 is 16.1 Å². The Morgan fingerprint density at radius 3 is 2.19 bits per heavy atom. The van der Waals surface area contributed by atoms with Crippen LogP contribution < -0.4 is 5.73 Å². The van der Waals surface area contributed by atoms with Crippen LogP contribution in [0.25, 0.3) is 0 Å². The van der Waals surface area contributed by atoms with Crippen LogP contribution in [0.4, 0.5) is 0 Å². The van der Waals surface area contributed by atoms with Gasteiger partial charge in [-0.25, -0.2) is 0 Å². The number of carbonyl (C=O) groups excluding carboxylic acids is 1. The maximum absolute atomic E-state index is 11.6. The van der Waals surface area contributed by atoms with E-state index < -0.39 is 16.2 Å². The van der Waals surface area contributed by atoms with Gasteiger partial charge in [-0.05, 0) is 57.1 Å². The normalized spacial score (nSPS) is 16.5. The van der Waals surface area contributed by atoms with Crippen LogP contribution in [-0.4, -0.2) is 31.1 Å². The summed E-state index contributed by atoms with van der Waals surface area (Å²) in [6.45, 7) is 5.97. The van der Waals surface area contributed by atoms with E-state index in [0.29, 0.717) is 12.3 Å². The predicted octanol–water partition coefficient (Wildman–Crippen LogP) is 3.48. The second kappa shape index (κ2) is 10.6. The van der Waals surface area contributed by atoms with Crippen LogP contribution >= 0.6 is 0 Å². The van der Waals surface area contributed by atoms with Crippen molar-refractivity contribution in [2.75, 3.05) is 0 Å². The van der Waals surface area contributed by atoms with Gasteiger partial charge in [-0.2, -0.15) is 8.42 Å². The highest BCUT2D eigenvalue weighted by atomic mass is 32.2. The summed E-state index contributed by atoms with van der Waals surface area (Å²) in [4.78, 5) is 11.5. The lowest BCUT2D eigenvalue weighted by Gasteiger charge is -2.23. The molecule has 1 aliphatic carbocycles. The van der Waals surface area contributed by atoms with Crippen molar-refractivity contribution in [2.24, 2.45) is 11.7 Å². The first-order valence-corrected chi connectivity index (χ1v) is 10.5. The zero-order valence-corrected chi connectivity index (χ0v) is 16.7. The van der Waals surface area contributed by atoms with E-state index in [4.69, 9.17) is 15.0 Å². The molecular formula is C19H31NO5S. The van der Waals surface area contributed by atoms with E-state index in [0.717, 1.165) is 18.4 Å². The first kappa shape index (κ1) is 22.6. The highest BCUT2D eigenvalue weighted by Gasteiger charge is 2.22. The van der Waals surface area contributed by atoms with Gasteiger partial charge in [0.25, 0.3) is 10.1 Å². The second-order valence-corrected chi connectivity index (χ2v) is 8.64. The van der Waals surface area contributed by atoms with Crippen molar-refractivity contribution in [1.82, 2.24) is 0 Å². The smallest absolute Gasteiger partial charge is 0.323 e. The zero-order valence-electron chi connectivity index (χ0n) is 15.8. The van der Waals surface area contributed by atoms with Crippen LogP contribution in [0.2, 0.25) is 0 Å². The molecule has 6 nitrogen and oxygen atoms in total. The van der Waals surface area contributed by atoms with Crippen molar-refractivity contribution in [2.45, 2.75) is 76.3 Å². The molecule has 0 spiro atoms. The van der Waals surface area contributed by atoms with Gasteiger partial charge in [0.2, 0.25) is 0 Å². The summed E-state index contributed by atoms with van der Waals surface area (Å²) in [6.07, 6.45) is 6.50. The molecule has 0 aliphatic heterocycles. The highest BCUT2D eigenvalue weighted by Crippen LogP contribution is 2.21. The summed E-state index contributed by atoms with van der Waals surface area (Å²) in [6, 6.07) is 5.55. The van der Waals surface area contributed by atoms with E-state index in [2.05, 4.69) is 13.8 Å². The Balaban J connectivity index is 0.000000273. The molecule has 1 aromatic rings. The van der Waals surface area contributed by atoms with Crippen molar-refractivity contribution in [3.63, 3.8) is 0 Å². The fourth-order valence-electron chi connectivity index (χ4n) is 2.75. The van der Waals surface area contributed by atoms with Gasteiger partial charge >= 0.3 is 5.97 Å². The van der Waals surface area contributed by atoms with Crippen LogP contribution in [0.3, 0.4) is 0 Å². The molecule has 1 fully saturated rings. The van der Waals surface area contributed by atoms with E-state index in [-0.39, 0.29) is 17.0 Å². The average Bonchev–Trinajstić information content (AvgIpc) is 2.55. The molecule has 0 aromatic heterocycles. The zero-order chi connectivity index (χ0) is 19.7. The monoisotopic (exact) mass is 385 g/mol. The van der Waals surface area contributed by atoms with Gasteiger partial charge in [0.1, 0.15) is 12.1 Å². The Morgan fingerprint density at radius 2 is 1.73 bits per heavy atom. The fourth-order valence-corrected chi connectivity index (χ4v) is 3.23. The lowest BCUT2D eigenvalue weighted by molar-refractivity contribution is -0.152. The summed E-state index contributed by atoms with van der Waals surface area (Å²) < 4.78 is 34.9. The quantitative estimate of drug-likeness (QED) is 0.594. The number of hydrogen-bond donors (Lipinski definition) is 2. The van der Waals surface area contributed by atoms with E-state index >= 15 is 0 Å². The third kappa shape index (κ3) is 8.78. The van der Waals surface area contributed by atoms with Crippen LogP contribution in [0.5, 0.6) is 0 Å². The molecule has 0 amide bonds. The van der Waals surface area contributed by atoms with Gasteiger partial charge < -0.3 is 10.5 Å². The van der Waals surface area contributed by atoms with E-state index in [1.807, 2.05) is 6.92 Å². The number of aryl methyl sites for hydroxylation is 1. The Kier molecular flexibility index (Phi) is 9.25. The first-order valence-electron chi connectivity index (χ1n) is 9.10. The fraction of sp³-hybridized carbons (Fsp3) is 0.632. The minimum Gasteiger partial charge on any atom is -0.461 e. The van der Waals surface area contributed by atoms with Gasteiger partial charge in [0, 0.05) is 0 Å². The molecular weight excluding hydrogens is 354 g/mol. The second-order valence-electron chi connectivity index (χ2n) is 7.22. The van der Waals surface area contributed by atoms with Gasteiger partial charge in [-0.1, -0.05) is 38.0 Å². The summed E-state index contributed by atoms with van der Waals surface area (Å²) in [5, 5.41) is 0.